The Hall–Kier alpha value is -1.10. The quantitative estimate of drug-likeness (QED) is 0.597. The van der Waals surface area contributed by atoms with Crippen molar-refractivity contribution >= 4 is 11.9 Å². The van der Waals surface area contributed by atoms with Crippen LogP contribution in [0.5, 0.6) is 0 Å². The average Bonchev–Trinajstić information content (AvgIpc) is 2.11. The Morgan fingerprint density at radius 2 is 1.93 bits per heavy atom. The van der Waals surface area contributed by atoms with Crippen LogP contribution in [0.25, 0.3) is 0 Å². The van der Waals surface area contributed by atoms with E-state index in [0.29, 0.717) is 18.8 Å². The van der Waals surface area contributed by atoms with Crippen LogP contribution in [0.4, 0.5) is 0 Å². The van der Waals surface area contributed by atoms with E-state index in [4.69, 9.17) is 10.8 Å². The van der Waals surface area contributed by atoms with Crippen molar-refractivity contribution in [2.45, 2.75) is 45.7 Å². The second-order valence-corrected chi connectivity index (χ2v) is 4.04. The predicted octanol–water partition coefficient (Wildman–Crippen LogP) is 0.339. The number of aliphatic carboxylic acids is 1. The van der Waals surface area contributed by atoms with Crippen molar-refractivity contribution in [3.63, 3.8) is 0 Å². The number of carbonyl (C=O) groups is 2. The molecule has 88 valence electrons. The molecule has 5 nitrogen and oxygen atoms in total. The summed E-state index contributed by atoms with van der Waals surface area (Å²) in [6.45, 7) is 5.62. The first-order valence-corrected chi connectivity index (χ1v) is 5.17. The molecule has 0 aromatic carbocycles. The van der Waals surface area contributed by atoms with E-state index in [-0.39, 0.29) is 0 Å². The van der Waals surface area contributed by atoms with Crippen molar-refractivity contribution in [2.24, 2.45) is 11.7 Å². The Balaban J connectivity index is 4.16. The number of rotatable bonds is 6. The van der Waals surface area contributed by atoms with Crippen molar-refractivity contribution in [3.05, 3.63) is 0 Å². The molecule has 0 unspecified atom stereocenters. The van der Waals surface area contributed by atoms with Crippen molar-refractivity contribution < 1.29 is 14.7 Å². The molecule has 0 saturated carbocycles. The summed E-state index contributed by atoms with van der Waals surface area (Å²) in [4.78, 5) is 22.1. The lowest BCUT2D eigenvalue weighted by Gasteiger charge is -2.17. The summed E-state index contributed by atoms with van der Waals surface area (Å²) >= 11 is 0. The number of hydrogen-bond acceptors (Lipinski definition) is 3. The molecule has 0 fully saturated rings. The topological polar surface area (TPSA) is 92.4 Å². The fourth-order valence-electron chi connectivity index (χ4n) is 1.23. The lowest BCUT2D eigenvalue weighted by atomic mass is 10.0. The van der Waals surface area contributed by atoms with Gasteiger partial charge in [-0.25, -0.2) is 4.79 Å². The molecule has 0 spiro atoms. The Labute approximate surface area is 90.0 Å². The number of amides is 1. The highest BCUT2D eigenvalue weighted by Crippen LogP contribution is 2.03. The summed E-state index contributed by atoms with van der Waals surface area (Å²) < 4.78 is 0. The second-order valence-electron chi connectivity index (χ2n) is 4.04. The molecule has 0 rings (SSSR count). The number of carboxylic acid groups (broad SMARTS) is 1. The van der Waals surface area contributed by atoms with Gasteiger partial charge in [-0.2, -0.15) is 0 Å². The normalized spacial score (nSPS) is 14.7. The van der Waals surface area contributed by atoms with Crippen LogP contribution in [0.2, 0.25) is 0 Å². The molecule has 2 atom stereocenters. The molecule has 1 amide bonds. The van der Waals surface area contributed by atoms with Crippen molar-refractivity contribution in [1.82, 2.24) is 5.32 Å². The van der Waals surface area contributed by atoms with Crippen LogP contribution in [0, 0.1) is 5.92 Å². The highest BCUT2D eigenvalue weighted by atomic mass is 16.4. The van der Waals surface area contributed by atoms with E-state index < -0.39 is 24.0 Å². The fraction of sp³-hybridized carbons (Fsp3) is 0.800. The molecule has 15 heavy (non-hydrogen) atoms. The van der Waals surface area contributed by atoms with Gasteiger partial charge in [0.05, 0.1) is 6.04 Å². The molecule has 0 aromatic heterocycles. The van der Waals surface area contributed by atoms with E-state index in [0.717, 1.165) is 0 Å². The van der Waals surface area contributed by atoms with E-state index >= 15 is 0 Å². The SMILES string of the molecule is CC[C@H](NC(=O)[C@@H](N)CC(C)C)C(=O)O. The standard InChI is InChI=1S/C10H20N2O3/c1-4-8(10(14)15)12-9(13)7(11)5-6(2)3/h6-8H,4-5,11H2,1-3H3,(H,12,13)(H,14,15)/t7-,8-/m0/s1. The molecule has 0 radical (unpaired) electrons. The van der Waals surface area contributed by atoms with Gasteiger partial charge in [0.15, 0.2) is 0 Å². The number of carbonyl (C=O) groups excluding carboxylic acids is 1. The van der Waals surface area contributed by atoms with E-state index in [1.54, 1.807) is 6.92 Å². The number of nitrogens with two attached hydrogens (primary N) is 1. The average molecular weight is 216 g/mol. The fourth-order valence-corrected chi connectivity index (χ4v) is 1.23. The summed E-state index contributed by atoms with van der Waals surface area (Å²) in [6.07, 6.45) is 0.914. The Morgan fingerprint density at radius 1 is 1.40 bits per heavy atom. The van der Waals surface area contributed by atoms with Crippen molar-refractivity contribution in [1.29, 1.82) is 0 Å². The smallest absolute Gasteiger partial charge is 0.326 e. The van der Waals surface area contributed by atoms with E-state index in [2.05, 4.69) is 5.32 Å². The first-order chi connectivity index (χ1) is 6.88. The molecule has 0 bridgehead atoms. The maximum Gasteiger partial charge on any atom is 0.326 e. The lowest BCUT2D eigenvalue weighted by Crippen LogP contribution is -2.48. The van der Waals surface area contributed by atoms with Gasteiger partial charge in [0, 0.05) is 0 Å². The molecule has 0 aliphatic carbocycles. The summed E-state index contributed by atoms with van der Waals surface area (Å²) in [5.74, 6) is -1.10. The number of nitrogens with one attached hydrogen (secondary N) is 1. The first kappa shape index (κ1) is 13.9. The minimum Gasteiger partial charge on any atom is -0.480 e. The molecular formula is C10H20N2O3. The summed E-state index contributed by atoms with van der Waals surface area (Å²) in [5, 5.41) is 11.1. The molecule has 0 aromatic rings. The molecule has 0 saturated heterocycles. The number of hydrogen-bond donors (Lipinski definition) is 3. The molecule has 0 aliphatic rings. The Morgan fingerprint density at radius 3 is 2.27 bits per heavy atom. The zero-order valence-electron chi connectivity index (χ0n) is 9.49. The zero-order valence-corrected chi connectivity index (χ0v) is 9.49. The van der Waals surface area contributed by atoms with Gasteiger partial charge in [0.25, 0.3) is 0 Å². The molecule has 4 N–H and O–H groups in total. The van der Waals surface area contributed by atoms with Crippen LogP contribution in [-0.2, 0) is 9.59 Å². The van der Waals surface area contributed by atoms with Gasteiger partial charge in [-0.05, 0) is 18.8 Å². The second kappa shape index (κ2) is 6.40. The van der Waals surface area contributed by atoms with Crippen LogP contribution in [-0.4, -0.2) is 29.1 Å². The van der Waals surface area contributed by atoms with Gasteiger partial charge in [-0.3, -0.25) is 4.79 Å². The van der Waals surface area contributed by atoms with Gasteiger partial charge in [-0.1, -0.05) is 20.8 Å². The molecule has 5 heteroatoms. The van der Waals surface area contributed by atoms with Crippen LogP contribution in [0.3, 0.4) is 0 Å². The van der Waals surface area contributed by atoms with Crippen LogP contribution < -0.4 is 11.1 Å². The maximum absolute atomic E-state index is 11.5. The van der Waals surface area contributed by atoms with Crippen molar-refractivity contribution in [2.75, 3.05) is 0 Å². The zero-order chi connectivity index (χ0) is 12.0. The third-order valence-corrected chi connectivity index (χ3v) is 2.08. The monoisotopic (exact) mass is 216 g/mol. The summed E-state index contributed by atoms with van der Waals surface area (Å²) in [5.41, 5.74) is 5.62. The van der Waals surface area contributed by atoms with Gasteiger partial charge in [-0.15, -0.1) is 0 Å². The highest BCUT2D eigenvalue weighted by molar-refractivity contribution is 5.86. The predicted molar refractivity (Wildman–Crippen MR) is 57.3 cm³/mol. The molecular weight excluding hydrogens is 196 g/mol. The van der Waals surface area contributed by atoms with Crippen molar-refractivity contribution in [3.8, 4) is 0 Å². The third kappa shape index (κ3) is 5.37. The first-order valence-electron chi connectivity index (χ1n) is 5.17. The molecule has 0 heterocycles. The molecule has 0 aliphatic heterocycles. The van der Waals surface area contributed by atoms with Gasteiger partial charge in [0.2, 0.25) is 5.91 Å². The largest absolute Gasteiger partial charge is 0.480 e. The lowest BCUT2D eigenvalue weighted by molar-refractivity contribution is -0.142. The number of carboxylic acids is 1. The third-order valence-electron chi connectivity index (χ3n) is 2.08. The van der Waals surface area contributed by atoms with E-state index in [9.17, 15) is 9.59 Å². The summed E-state index contributed by atoms with van der Waals surface area (Å²) in [7, 11) is 0. The minimum atomic E-state index is -1.03. The van der Waals surface area contributed by atoms with Gasteiger partial charge in [0.1, 0.15) is 6.04 Å². The van der Waals surface area contributed by atoms with E-state index in [1.165, 1.54) is 0 Å². The van der Waals surface area contributed by atoms with Crippen LogP contribution in [0.1, 0.15) is 33.6 Å². The van der Waals surface area contributed by atoms with Crippen LogP contribution in [0.15, 0.2) is 0 Å². The Bertz CT molecular complexity index is 229. The highest BCUT2D eigenvalue weighted by Gasteiger charge is 2.21. The summed E-state index contributed by atoms with van der Waals surface area (Å²) in [6, 6.07) is -1.46. The maximum atomic E-state index is 11.5. The minimum absolute atomic E-state index is 0.315. The van der Waals surface area contributed by atoms with Gasteiger partial charge < -0.3 is 16.2 Å². The van der Waals surface area contributed by atoms with Crippen LogP contribution >= 0.6 is 0 Å². The van der Waals surface area contributed by atoms with Gasteiger partial charge >= 0.3 is 5.97 Å². The van der Waals surface area contributed by atoms with E-state index in [1.807, 2.05) is 13.8 Å². The Kier molecular flexibility index (Phi) is 5.93.